The Kier molecular flexibility index (Phi) is 4.05. The van der Waals surface area contributed by atoms with E-state index in [0.29, 0.717) is 13.1 Å². The molecule has 7 nitrogen and oxygen atoms in total. The molecule has 2 heterocycles. The predicted octanol–water partition coefficient (Wildman–Crippen LogP) is -0.181. The molecule has 0 saturated heterocycles. The van der Waals surface area contributed by atoms with Crippen molar-refractivity contribution in [3.63, 3.8) is 0 Å². The molecule has 1 aromatic heterocycles. The van der Waals surface area contributed by atoms with E-state index >= 15 is 0 Å². The van der Waals surface area contributed by atoms with Crippen molar-refractivity contribution in [2.24, 2.45) is 0 Å². The molecule has 0 spiro atoms. The first kappa shape index (κ1) is 14.9. The van der Waals surface area contributed by atoms with Crippen LogP contribution in [-0.4, -0.2) is 41.5 Å². The Hall–Kier alpha value is -1.54. The molecular formula is C12H18N4O3S. The third kappa shape index (κ3) is 3.31. The lowest BCUT2D eigenvalue weighted by Crippen LogP contribution is -2.44. The lowest BCUT2D eigenvalue weighted by molar-refractivity contribution is -0.133. The van der Waals surface area contributed by atoms with Crippen LogP contribution in [0.1, 0.15) is 30.9 Å². The number of hydrogen-bond donors (Lipinski definition) is 1. The minimum Gasteiger partial charge on any atom is -0.331 e. The molecule has 1 atom stereocenters. The van der Waals surface area contributed by atoms with E-state index in [2.05, 4.69) is 14.7 Å². The molecule has 2 rings (SSSR count). The fraction of sp³-hybridized carbons (Fsp3) is 0.583. The Labute approximate surface area is 118 Å². The van der Waals surface area contributed by atoms with Gasteiger partial charge >= 0.3 is 0 Å². The maximum atomic E-state index is 12.2. The highest BCUT2D eigenvalue weighted by atomic mass is 32.2. The van der Waals surface area contributed by atoms with Crippen molar-refractivity contribution in [2.75, 3.05) is 6.26 Å². The van der Waals surface area contributed by atoms with Crippen LogP contribution in [0.5, 0.6) is 0 Å². The van der Waals surface area contributed by atoms with Gasteiger partial charge in [-0.2, -0.15) is 0 Å². The lowest BCUT2D eigenvalue weighted by Gasteiger charge is -2.20. The van der Waals surface area contributed by atoms with E-state index in [1.807, 2.05) is 6.92 Å². The molecule has 1 aromatic rings. The van der Waals surface area contributed by atoms with Crippen molar-refractivity contribution in [3.8, 4) is 0 Å². The van der Waals surface area contributed by atoms with Crippen LogP contribution in [-0.2, 0) is 34.3 Å². The van der Waals surface area contributed by atoms with Gasteiger partial charge in [0, 0.05) is 24.7 Å². The average molecular weight is 298 g/mol. The van der Waals surface area contributed by atoms with Crippen LogP contribution in [0.2, 0.25) is 0 Å². The molecule has 0 aromatic carbocycles. The van der Waals surface area contributed by atoms with Gasteiger partial charge in [0.15, 0.2) is 0 Å². The highest BCUT2D eigenvalue weighted by Gasteiger charge is 2.29. The number of carbonyl (C=O) groups is 1. The summed E-state index contributed by atoms with van der Waals surface area (Å²) in [5.74, 6) is 0.492. The summed E-state index contributed by atoms with van der Waals surface area (Å²) in [7, 11) is -3.40. The van der Waals surface area contributed by atoms with Crippen LogP contribution in [0.3, 0.4) is 0 Å². The van der Waals surface area contributed by atoms with Gasteiger partial charge in [0.2, 0.25) is 15.9 Å². The normalized spacial score (nSPS) is 16.1. The van der Waals surface area contributed by atoms with Crippen molar-refractivity contribution in [3.05, 3.63) is 23.3 Å². The molecule has 0 aliphatic carbocycles. The van der Waals surface area contributed by atoms with Gasteiger partial charge in [-0.3, -0.25) is 4.79 Å². The van der Waals surface area contributed by atoms with E-state index in [9.17, 15) is 13.2 Å². The summed E-state index contributed by atoms with van der Waals surface area (Å²) >= 11 is 0. The van der Waals surface area contributed by atoms with Crippen LogP contribution in [0.25, 0.3) is 0 Å². The molecule has 1 aliphatic rings. The summed E-state index contributed by atoms with van der Waals surface area (Å²) in [6, 6.07) is -0.780. The second-order valence-electron chi connectivity index (χ2n) is 4.92. The Balaban J connectivity index is 2.08. The Morgan fingerprint density at radius 1 is 1.50 bits per heavy atom. The van der Waals surface area contributed by atoms with Crippen molar-refractivity contribution in [2.45, 2.75) is 39.4 Å². The highest BCUT2D eigenvalue weighted by Crippen LogP contribution is 2.21. The van der Waals surface area contributed by atoms with Crippen LogP contribution < -0.4 is 4.72 Å². The summed E-state index contributed by atoms with van der Waals surface area (Å²) in [6.07, 6.45) is 3.52. The fourth-order valence-electron chi connectivity index (χ4n) is 2.17. The minimum atomic E-state index is -3.40. The van der Waals surface area contributed by atoms with Gasteiger partial charge in [-0.05, 0) is 6.92 Å². The number of aromatic nitrogens is 2. The third-order valence-corrected chi connectivity index (χ3v) is 3.88. The topological polar surface area (TPSA) is 92.3 Å². The summed E-state index contributed by atoms with van der Waals surface area (Å²) in [5.41, 5.74) is 1.76. The maximum Gasteiger partial charge on any atom is 0.241 e. The average Bonchev–Trinajstić information content (AvgIpc) is 2.78. The molecule has 0 fully saturated rings. The predicted molar refractivity (Wildman–Crippen MR) is 73.1 cm³/mol. The number of sulfonamides is 1. The van der Waals surface area contributed by atoms with Gasteiger partial charge in [-0.1, -0.05) is 6.92 Å². The summed E-state index contributed by atoms with van der Waals surface area (Å²) in [4.78, 5) is 22.4. The summed E-state index contributed by atoms with van der Waals surface area (Å²) < 4.78 is 24.6. The molecule has 0 radical (unpaired) electrons. The first-order valence-corrected chi connectivity index (χ1v) is 8.29. The van der Waals surface area contributed by atoms with E-state index in [-0.39, 0.29) is 5.91 Å². The Bertz CT molecular complexity index is 630. The number of hydrogen-bond acceptors (Lipinski definition) is 5. The van der Waals surface area contributed by atoms with Crippen LogP contribution in [0.15, 0.2) is 6.20 Å². The zero-order valence-electron chi connectivity index (χ0n) is 11.8. The molecule has 1 N–H and O–H groups in total. The maximum absolute atomic E-state index is 12.2. The quantitative estimate of drug-likeness (QED) is 0.832. The zero-order chi connectivity index (χ0) is 14.9. The molecule has 8 heteroatoms. The third-order valence-electron chi connectivity index (χ3n) is 3.10. The number of carbonyl (C=O) groups excluding carboxylic acids is 1. The van der Waals surface area contributed by atoms with Crippen LogP contribution in [0.4, 0.5) is 0 Å². The second-order valence-corrected chi connectivity index (χ2v) is 6.70. The number of nitrogens with one attached hydrogen (secondary N) is 1. The number of aryl methyl sites for hydroxylation is 1. The van der Waals surface area contributed by atoms with Gasteiger partial charge in [-0.25, -0.2) is 23.1 Å². The fourth-order valence-corrected chi connectivity index (χ4v) is 2.91. The summed E-state index contributed by atoms with van der Waals surface area (Å²) in [5, 5.41) is 0. The highest BCUT2D eigenvalue weighted by molar-refractivity contribution is 7.88. The van der Waals surface area contributed by atoms with Gasteiger partial charge in [0.1, 0.15) is 5.82 Å². The molecule has 0 saturated carbocycles. The summed E-state index contributed by atoms with van der Waals surface area (Å²) in [6.45, 7) is 4.33. The Morgan fingerprint density at radius 2 is 2.20 bits per heavy atom. The first-order chi connectivity index (χ1) is 9.30. The van der Waals surface area contributed by atoms with Crippen LogP contribution in [0, 0.1) is 0 Å². The van der Waals surface area contributed by atoms with E-state index in [1.54, 1.807) is 11.1 Å². The number of fused-ring (bicyclic) bond motifs is 1. The second kappa shape index (κ2) is 5.45. The molecule has 1 amide bonds. The molecule has 110 valence electrons. The van der Waals surface area contributed by atoms with Crippen molar-refractivity contribution in [1.82, 2.24) is 19.6 Å². The molecule has 0 bridgehead atoms. The molecule has 20 heavy (non-hydrogen) atoms. The number of rotatable bonds is 4. The van der Waals surface area contributed by atoms with E-state index in [1.165, 1.54) is 6.92 Å². The monoisotopic (exact) mass is 298 g/mol. The van der Waals surface area contributed by atoms with E-state index < -0.39 is 16.1 Å². The zero-order valence-corrected chi connectivity index (χ0v) is 12.6. The molecular weight excluding hydrogens is 280 g/mol. The molecule has 1 unspecified atom stereocenters. The van der Waals surface area contributed by atoms with Crippen molar-refractivity contribution >= 4 is 15.9 Å². The van der Waals surface area contributed by atoms with Crippen LogP contribution >= 0.6 is 0 Å². The number of amides is 1. The van der Waals surface area contributed by atoms with Gasteiger partial charge in [0.25, 0.3) is 0 Å². The van der Waals surface area contributed by atoms with Gasteiger partial charge in [-0.15, -0.1) is 0 Å². The number of nitrogens with zero attached hydrogens (tertiary/aromatic N) is 3. The SMILES string of the molecule is CCc1ncc2c(n1)CN(C(=O)C(C)NS(C)(=O)=O)C2. The largest absolute Gasteiger partial charge is 0.331 e. The van der Waals surface area contributed by atoms with E-state index in [0.717, 1.165) is 29.8 Å². The van der Waals surface area contributed by atoms with Gasteiger partial charge in [0.05, 0.1) is 24.5 Å². The Morgan fingerprint density at radius 3 is 2.80 bits per heavy atom. The lowest BCUT2D eigenvalue weighted by atomic mass is 10.3. The first-order valence-electron chi connectivity index (χ1n) is 6.40. The molecule has 1 aliphatic heterocycles. The van der Waals surface area contributed by atoms with Crippen molar-refractivity contribution < 1.29 is 13.2 Å². The standard InChI is InChI=1S/C12H18N4O3S/c1-4-11-13-5-9-6-16(7-10(9)14-11)12(17)8(2)15-20(3,18)19/h5,8,15H,4,6-7H2,1-3H3. The van der Waals surface area contributed by atoms with Gasteiger partial charge < -0.3 is 4.90 Å². The van der Waals surface area contributed by atoms with E-state index in [4.69, 9.17) is 0 Å². The van der Waals surface area contributed by atoms with Crippen molar-refractivity contribution in [1.29, 1.82) is 0 Å². The smallest absolute Gasteiger partial charge is 0.241 e. The minimum absolute atomic E-state index is 0.258.